The maximum atomic E-state index is 11.3. The van der Waals surface area contributed by atoms with Crippen molar-refractivity contribution in [3.63, 3.8) is 0 Å². The van der Waals surface area contributed by atoms with Gasteiger partial charge in [-0.15, -0.1) is 0 Å². The molecule has 0 spiro atoms. The molecule has 0 bridgehead atoms. The van der Waals surface area contributed by atoms with Crippen LogP contribution in [0.3, 0.4) is 0 Å². The minimum Gasteiger partial charge on any atom is -0.323 e. The average molecular weight is 187 g/mol. The highest BCUT2D eigenvalue weighted by Crippen LogP contribution is 2.03. The van der Waals surface area contributed by atoms with Crippen molar-refractivity contribution in [1.29, 1.82) is 0 Å². The molecular weight excluding hydrogens is 166 g/mol. The van der Waals surface area contributed by atoms with Crippen LogP contribution in [-0.4, -0.2) is 24.0 Å². The molecule has 78 valence electrons. The number of hydrazine groups is 1. The molecule has 0 aromatic carbocycles. The van der Waals surface area contributed by atoms with Gasteiger partial charge in [-0.05, 0) is 11.8 Å². The van der Waals surface area contributed by atoms with Crippen LogP contribution >= 0.6 is 0 Å². The molecule has 4 heteroatoms. The van der Waals surface area contributed by atoms with Crippen LogP contribution in [0.5, 0.6) is 0 Å². The topological polar surface area (TPSA) is 58.4 Å². The molecule has 0 saturated heterocycles. The Bertz CT molecular complexity index is 147. The number of nitrogens with one attached hydrogen (secondary N) is 1. The van der Waals surface area contributed by atoms with Gasteiger partial charge in [0, 0.05) is 13.1 Å². The molecule has 0 rings (SSSR count). The summed E-state index contributed by atoms with van der Waals surface area (Å²) in [6, 6.07) is -0.192. The summed E-state index contributed by atoms with van der Waals surface area (Å²) in [6.07, 6.45) is 0. The van der Waals surface area contributed by atoms with Crippen LogP contribution in [0.1, 0.15) is 27.7 Å². The van der Waals surface area contributed by atoms with E-state index in [-0.39, 0.29) is 6.03 Å². The fourth-order valence-corrected chi connectivity index (χ4v) is 1.21. The van der Waals surface area contributed by atoms with Crippen molar-refractivity contribution in [3.05, 3.63) is 0 Å². The van der Waals surface area contributed by atoms with Crippen molar-refractivity contribution in [3.8, 4) is 0 Å². The summed E-state index contributed by atoms with van der Waals surface area (Å²) in [7, 11) is 0. The van der Waals surface area contributed by atoms with Crippen LogP contribution in [-0.2, 0) is 0 Å². The first kappa shape index (κ1) is 12.2. The van der Waals surface area contributed by atoms with Gasteiger partial charge >= 0.3 is 6.03 Å². The van der Waals surface area contributed by atoms with Gasteiger partial charge in [-0.3, -0.25) is 5.43 Å². The van der Waals surface area contributed by atoms with E-state index in [1.54, 1.807) is 4.90 Å². The fraction of sp³-hybridized carbons (Fsp3) is 0.889. The van der Waals surface area contributed by atoms with E-state index < -0.39 is 0 Å². The summed E-state index contributed by atoms with van der Waals surface area (Å²) in [5, 5.41) is 0. The lowest BCUT2D eigenvalue weighted by Gasteiger charge is -2.25. The zero-order valence-corrected chi connectivity index (χ0v) is 9.00. The Labute approximate surface area is 80.4 Å². The summed E-state index contributed by atoms with van der Waals surface area (Å²) < 4.78 is 0. The number of nitrogens with two attached hydrogens (primary N) is 1. The molecule has 0 fully saturated rings. The van der Waals surface area contributed by atoms with Gasteiger partial charge in [0.15, 0.2) is 0 Å². The monoisotopic (exact) mass is 187 g/mol. The number of urea groups is 1. The van der Waals surface area contributed by atoms with E-state index >= 15 is 0 Å². The number of hydrogen-bond acceptors (Lipinski definition) is 2. The third-order valence-corrected chi connectivity index (χ3v) is 1.58. The molecule has 0 aliphatic rings. The fourth-order valence-electron chi connectivity index (χ4n) is 1.21. The SMILES string of the molecule is CC(C)CN(CC(C)C)C(=O)NN. The van der Waals surface area contributed by atoms with Crippen molar-refractivity contribution in [2.45, 2.75) is 27.7 Å². The zero-order chi connectivity index (χ0) is 10.4. The van der Waals surface area contributed by atoms with Crippen LogP contribution in [0.25, 0.3) is 0 Å². The molecule has 0 aromatic heterocycles. The van der Waals surface area contributed by atoms with Crippen LogP contribution in [0.4, 0.5) is 4.79 Å². The molecule has 3 N–H and O–H groups in total. The average Bonchev–Trinajstić information content (AvgIpc) is 2.00. The third-order valence-electron chi connectivity index (χ3n) is 1.58. The molecule has 0 aliphatic heterocycles. The Balaban J connectivity index is 4.10. The second kappa shape index (κ2) is 5.80. The Morgan fingerprint density at radius 3 is 1.85 bits per heavy atom. The summed E-state index contributed by atoms with van der Waals surface area (Å²) in [5.41, 5.74) is 2.16. The molecule has 0 aromatic rings. The Kier molecular flexibility index (Phi) is 5.46. The number of amides is 2. The quantitative estimate of drug-likeness (QED) is 0.394. The largest absolute Gasteiger partial charge is 0.331 e. The molecule has 0 radical (unpaired) electrons. The molecule has 0 atom stereocenters. The van der Waals surface area contributed by atoms with Gasteiger partial charge in [0.1, 0.15) is 0 Å². The number of carbonyl (C=O) groups is 1. The highest BCUT2D eigenvalue weighted by Gasteiger charge is 2.14. The van der Waals surface area contributed by atoms with Gasteiger partial charge in [0.05, 0.1) is 0 Å². The molecule has 0 heterocycles. The van der Waals surface area contributed by atoms with E-state index in [9.17, 15) is 4.79 Å². The van der Waals surface area contributed by atoms with E-state index in [0.717, 1.165) is 13.1 Å². The maximum absolute atomic E-state index is 11.3. The van der Waals surface area contributed by atoms with Crippen LogP contribution in [0.15, 0.2) is 0 Å². The number of rotatable bonds is 4. The Hall–Kier alpha value is -0.770. The van der Waals surface area contributed by atoms with Crippen LogP contribution in [0, 0.1) is 11.8 Å². The van der Waals surface area contributed by atoms with Crippen LogP contribution < -0.4 is 11.3 Å². The first-order chi connectivity index (χ1) is 5.97. The number of carbonyl (C=O) groups excluding carboxylic acids is 1. The summed E-state index contributed by atoms with van der Waals surface area (Å²) in [5.74, 6) is 6.02. The first-order valence-corrected chi connectivity index (χ1v) is 4.72. The minimum absolute atomic E-state index is 0.192. The Morgan fingerprint density at radius 2 is 1.62 bits per heavy atom. The molecule has 13 heavy (non-hydrogen) atoms. The standard InChI is InChI=1S/C9H21N3O/c1-7(2)5-12(6-8(3)4)9(13)11-10/h7-8H,5-6,10H2,1-4H3,(H,11,13). The summed E-state index contributed by atoms with van der Waals surface area (Å²) in [6.45, 7) is 9.82. The number of hydrogen-bond donors (Lipinski definition) is 2. The van der Waals surface area contributed by atoms with E-state index in [2.05, 4.69) is 33.1 Å². The van der Waals surface area contributed by atoms with Crippen molar-refractivity contribution in [2.24, 2.45) is 17.7 Å². The van der Waals surface area contributed by atoms with Gasteiger partial charge in [-0.2, -0.15) is 0 Å². The molecule has 4 nitrogen and oxygen atoms in total. The normalized spacial score (nSPS) is 10.7. The van der Waals surface area contributed by atoms with Gasteiger partial charge in [-0.1, -0.05) is 27.7 Å². The summed E-state index contributed by atoms with van der Waals surface area (Å²) in [4.78, 5) is 13.0. The smallest absolute Gasteiger partial charge is 0.323 e. The van der Waals surface area contributed by atoms with E-state index in [4.69, 9.17) is 5.84 Å². The predicted octanol–water partition coefficient (Wildman–Crippen LogP) is 1.18. The lowest BCUT2D eigenvalue weighted by molar-refractivity contribution is 0.183. The highest BCUT2D eigenvalue weighted by atomic mass is 16.2. The van der Waals surface area contributed by atoms with Crippen molar-refractivity contribution < 1.29 is 4.79 Å². The second-order valence-electron chi connectivity index (χ2n) is 4.14. The Morgan fingerprint density at radius 1 is 1.23 bits per heavy atom. The molecule has 0 unspecified atom stereocenters. The van der Waals surface area contributed by atoms with Gasteiger partial charge < -0.3 is 4.90 Å². The van der Waals surface area contributed by atoms with Crippen molar-refractivity contribution in [2.75, 3.05) is 13.1 Å². The molecule has 0 aliphatic carbocycles. The summed E-state index contributed by atoms with van der Waals surface area (Å²) >= 11 is 0. The molecule has 2 amide bonds. The molecular formula is C9H21N3O. The van der Waals surface area contributed by atoms with Gasteiger partial charge in [0.2, 0.25) is 0 Å². The zero-order valence-electron chi connectivity index (χ0n) is 9.00. The predicted molar refractivity (Wildman–Crippen MR) is 54.0 cm³/mol. The lowest BCUT2D eigenvalue weighted by Crippen LogP contribution is -2.46. The first-order valence-electron chi connectivity index (χ1n) is 4.72. The highest BCUT2D eigenvalue weighted by molar-refractivity contribution is 5.73. The maximum Gasteiger partial charge on any atom is 0.331 e. The minimum atomic E-state index is -0.192. The molecule has 0 saturated carbocycles. The van der Waals surface area contributed by atoms with Crippen molar-refractivity contribution >= 4 is 6.03 Å². The van der Waals surface area contributed by atoms with Crippen molar-refractivity contribution in [1.82, 2.24) is 10.3 Å². The van der Waals surface area contributed by atoms with Gasteiger partial charge in [0.25, 0.3) is 0 Å². The van der Waals surface area contributed by atoms with Gasteiger partial charge in [-0.25, -0.2) is 10.6 Å². The van der Waals surface area contributed by atoms with E-state index in [1.807, 2.05) is 0 Å². The van der Waals surface area contributed by atoms with E-state index in [0.29, 0.717) is 11.8 Å². The lowest BCUT2D eigenvalue weighted by atomic mass is 10.1. The second-order valence-corrected chi connectivity index (χ2v) is 4.14. The van der Waals surface area contributed by atoms with Crippen LogP contribution in [0.2, 0.25) is 0 Å². The number of nitrogens with zero attached hydrogens (tertiary/aromatic N) is 1. The van der Waals surface area contributed by atoms with E-state index in [1.165, 1.54) is 0 Å². The third kappa shape index (κ3) is 5.47.